The van der Waals surface area contributed by atoms with Crippen LogP contribution in [0.3, 0.4) is 0 Å². The third-order valence-electron chi connectivity index (χ3n) is 7.07. The Bertz CT molecular complexity index is 653. The summed E-state index contributed by atoms with van der Waals surface area (Å²) in [4.78, 5) is 2.37. The normalized spacial score (nSPS) is 39.7. The van der Waals surface area contributed by atoms with E-state index in [1.807, 2.05) is 0 Å². The molecule has 4 aliphatic rings. The number of hydrogen-bond acceptors (Lipinski definition) is 8. The molecule has 8 nitrogen and oxygen atoms in total. The number of aliphatic hydroxyl groups is 1. The first-order valence-electron chi connectivity index (χ1n) is 12.0. The molecule has 6 radical (unpaired) electrons. The van der Waals surface area contributed by atoms with Gasteiger partial charge in [-0.3, -0.25) is 21.3 Å². The summed E-state index contributed by atoms with van der Waals surface area (Å²) < 4.78 is 12.4. The maximum absolute atomic E-state index is 9.78. The number of nitrogens with one attached hydrogen (secondary N) is 4. The lowest BCUT2D eigenvalue weighted by Crippen LogP contribution is -2.71. The third-order valence-corrected chi connectivity index (χ3v) is 7.07. The zero-order valence-electron chi connectivity index (χ0n) is 19.1. The number of ether oxygens (including phenoxy) is 2. The molecule has 0 aromatic carbocycles. The van der Waals surface area contributed by atoms with Gasteiger partial charge in [0.1, 0.15) is 22.0 Å². The topological polar surface area (TPSA) is 90.0 Å². The number of rotatable bonds is 6. The van der Waals surface area contributed by atoms with Crippen molar-refractivity contribution in [2.75, 3.05) is 33.4 Å². The molecule has 2 saturated heterocycles. The number of fused-ring (bicyclic) bond motifs is 1. The first kappa shape index (κ1) is 24.7. The van der Waals surface area contributed by atoms with Crippen LogP contribution in [0.5, 0.6) is 0 Å². The minimum Gasteiger partial charge on any atom is -0.395 e. The summed E-state index contributed by atoms with van der Waals surface area (Å²) in [6.45, 7) is 3.43. The summed E-state index contributed by atoms with van der Waals surface area (Å²) in [5.74, 6) is 0.346. The van der Waals surface area contributed by atoms with Gasteiger partial charge in [0.05, 0.1) is 39.4 Å². The SMILES string of the molecule is [B]CC1CC(NC([B])([B])O)NC(NC2CC3OCCOC3C(C3=CCN(C)CCC3)C2)N1. The van der Waals surface area contributed by atoms with E-state index in [4.69, 9.17) is 33.0 Å². The lowest BCUT2D eigenvalue weighted by Gasteiger charge is -2.47. The van der Waals surface area contributed by atoms with Crippen molar-refractivity contribution >= 4 is 23.5 Å². The first-order chi connectivity index (χ1) is 15.3. The van der Waals surface area contributed by atoms with Crippen molar-refractivity contribution in [3.05, 3.63) is 11.6 Å². The maximum Gasteiger partial charge on any atom is 0.120 e. The van der Waals surface area contributed by atoms with E-state index >= 15 is 0 Å². The van der Waals surface area contributed by atoms with Crippen LogP contribution in [0.1, 0.15) is 32.1 Å². The average molecular weight is 439 g/mol. The maximum atomic E-state index is 9.78. The molecular weight excluding hydrogens is 403 g/mol. The van der Waals surface area contributed by atoms with E-state index in [9.17, 15) is 5.11 Å². The van der Waals surface area contributed by atoms with E-state index in [1.54, 1.807) is 0 Å². The minimum atomic E-state index is -1.95. The Morgan fingerprint density at radius 2 is 2.03 bits per heavy atom. The number of nitrogens with zero attached hydrogens (tertiary/aromatic N) is 1. The molecule has 1 saturated carbocycles. The van der Waals surface area contributed by atoms with Gasteiger partial charge in [-0.05, 0) is 45.7 Å². The van der Waals surface area contributed by atoms with Crippen LogP contribution < -0.4 is 21.3 Å². The van der Waals surface area contributed by atoms with Gasteiger partial charge in [0.2, 0.25) is 0 Å². The zero-order valence-corrected chi connectivity index (χ0v) is 19.1. The van der Waals surface area contributed by atoms with Gasteiger partial charge < -0.3 is 19.5 Å². The highest BCUT2D eigenvalue weighted by molar-refractivity contribution is 6.38. The molecule has 0 spiro atoms. The molecule has 5 N–H and O–H groups in total. The molecular formula is C21H36B3N5O3. The van der Waals surface area contributed by atoms with Gasteiger partial charge in [0.15, 0.2) is 0 Å². The summed E-state index contributed by atoms with van der Waals surface area (Å²) in [6.07, 6.45) is 7.43. The van der Waals surface area contributed by atoms with Gasteiger partial charge in [0.25, 0.3) is 0 Å². The standard InChI is InChI=1S/C21H36B3N5O3/c1-29-5-2-3-13(4-6-29)16-9-14(10-17-19(16)32-8-7-31-17)25-20-26-15(12-22)11-18(27-20)28-21(23,24)30/h4,14-20,25-28,30H,2-3,5-12H2,1H3. The van der Waals surface area contributed by atoms with E-state index in [0.717, 1.165) is 32.4 Å². The van der Waals surface area contributed by atoms with Gasteiger partial charge in [-0.2, -0.15) is 0 Å². The summed E-state index contributed by atoms with van der Waals surface area (Å²) in [5.41, 5.74) is -0.449. The van der Waals surface area contributed by atoms with Crippen LogP contribution in [0.2, 0.25) is 6.32 Å². The molecule has 4 rings (SSSR count). The minimum absolute atomic E-state index is 0.0649. The van der Waals surface area contributed by atoms with E-state index < -0.39 is 5.52 Å². The Balaban J connectivity index is 1.44. The Hall–Kier alpha value is -0.385. The van der Waals surface area contributed by atoms with Crippen LogP contribution >= 0.6 is 0 Å². The number of hydrogen-bond donors (Lipinski definition) is 5. The van der Waals surface area contributed by atoms with Crippen molar-refractivity contribution in [2.45, 2.75) is 80.7 Å². The fraction of sp³-hybridized carbons (Fsp3) is 0.905. The fourth-order valence-electron chi connectivity index (χ4n) is 5.62. The molecule has 3 fully saturated rings. The van der Waals surface area contributed by atoms with E-state index in [1.165, 1.54) is 12.0 Å². The Morgan fingerprint density at radius 3 is 2.81 bits per heavy atom. The molecule has 0 aromatic rings. The zero-order chi connectivity index (χ0) is 22.7. The van der Waals surface area contributed by atoms with Crippen molar-refractivity contribution in [2.24, 2.45) is 5.92 Å². The molecule has 3 aliphatic heterocycles. The van der Waals surface area contributed by atoms with Gasteiger partial charge in [-0.1, -0.05) is 18.0 Å². The van der Waals surface area contributed by atoms with Gasteiger partial charge in [0, 0.05) is 30.1 Å². The predicted octanol–water partition coefficient (Wildman–Crippen LogP) is -1.53. The lowest BCUT2D eigenvalue weighted by atomic mass is 9.73. The molecule has 1 aliphatic carbocycles. The van der Waals surface area contributed by atoms with Gasteiger partial charge >= 0.3 is 0 Å². The second kappa shape index (κ2) is 10.9. The summed E-state index contributed by atoms with van der Waals surface area (Å²) >= 11 is 0. The Kier molecular flexibility index (Phi) is 8.43. The Morgan fingerprint density at radius 1 is 1.22 bits per heavy atom. The van der Waals surface area contributed by atoms with Crippen LogP contribution in [-0.2, 0) is 9.47 Å². The van der Waals surface area contributed by atoms with Crippen LogP contribution in [0.15, 0.2) is 11.6 Å². The van der Waals surface area contributed by atoms with Crippen LogP contribution in [-0.4, -0.2) is 109 Å². The smallest absolute Gasteiger partial charge is 0.120 e. The first-order valence-corrected chi connectivity index (χ1v) is 12.0. The van der Waals surface area contributed by atoms with Gasteiger partial charge in [-0.25, -0.2) is 0 Å². The fourth-order valence-corrected chi connectivity index (χ4v) is 5.62. The molecule has 32 heavy (non-hydrogen) atoms. The van der Waals surface area contributed by atoms with Crippen LogP contribution in [0.4, 0.5) is 0 Å². The number of likely N-dealkylation sites (N-methyl/N-ethyl adjacent to an activating group) is 1. The molecule has 172 valence electrons. The van der Waals surface area contributed by atoms with Crippen LogP contribution in [0, 0.1) is 5.92 Å². The largest absolute Gasteiger partial charge is 0.395 e. The molecule has 0 bridgehead atoms. The van der Waals surface area contributed by atoms with Crippen molar-refractivity contribution in [3.8, 4) is 0 Å². The molecule has 0 aromatic heterocycles. The molecule has 7 atom stereocenters. The summed E-state index contributed by atoms with van der Waals surface area (Å²) in [5, 5.41) is 23.2. The predicted molar refractivity (Wildman–Crippen MR) is 126 cm³/mol. The van der Waals surface area contributed by atoms with Crippen molar-refractivity contribution in [1.82, 2.24) is 26.2 Å². The van der Waals surface area contributed by atoms with E-state index in [0.29, 0.717) is 31.9 Å². The second-order valence-corrected chi connectivity index (χ2v) is 9.79. The molecule has 0 amide bonds. The van der Waals surface area contributed by atoms with E-state index in [2.05, 4.69) is 39.3 Å². The van der Waals surface area contributed by atoms with Crippen molar-refractivity contribution < 1.29 is 14.6 Å². The van der Waals surface area contributed by atoms with Crippen molar-refractivity contribution in [3.63, 3.8) is 0 Å². The highest BCUT2D eigenvalue weighted by Crippen LogP contribution is 2.38. The second-order valence-electron chi connectivity index (χ2n) is 9.79. The molecule has 3 heterocycles. The monoisotopic (exact) mass is 439 g/mol. The highest BCUT2D eigenvalue weighted by Gasteiger charge is 2.43. The Labute approximate surface area is 196 Å². The summed E-state index contributed by atoms with van der Waals surface area (Å²) in [7, 11) is 19.2. The molecule has 7 unspecified atom stereocenters. The van der Waals surface area contributed by atoms with E-state index in [-0.39, 0.29) is 36.7 Å². The quantitative estimate of drug-likeness (QED) is 0.194. The third kappa shape index (κ3) is 6.60. The highest BCUT2D eigenvalue weighted by atomic mass is 16.6. The van der Waals surface area contributed by atoms with Gasteiger partial charge in [-0.15, -0.1) is 0 Å². The average Bonchev–Trinajstić information content (AvgIpc) is 2.96. The lowest BCUT2D eigenvalue weighted by molar-refractivity contribution is -0.173. The van der Waals surface area contributed by atoms with Crippen molar-refractivity contribution in [1.29, 1.82) is 0 Å². The summed E-state index contributed by atoms with van der Waals surface area (Å²) in [6, 6.07) is 0.303. The molecule has 11 heteroatoms. The van der Waals surface area contributed by atoms with Crippen LogP contribution in [0.25, 0.3) is 0 Å².